The summed E-state index contributed by atoms with van der Waals surface area (Å²) >= 11 is 0. The Morgan fingerprint density at radius 3 is 2.31 bits per heavy atom. The number of fused-ring (bicyclic) bond motifs is 1. The van der Waals surface area contributed by atoms with Gasteiger partial charge >= 0.3 is 0 Å². The Labute approximate surface area is 151 Å². The van der Waals surface area contributed by atoms with Crippen LogP contribution in [0.3, 0.4) is 0 Å². The highest BCUT2D eigenvalue weighted by atomic mass is 32.2. The molecule has 0 bridgehead atoms. The molecular weight excluding hydrogens is 357 g/mol. The summed E-state index contributed by atoms with van der Waals surface area (Å²) in [4.78, 5) is 0.178. The number of benzene rings is 3. The van der Waals surface area contributed by atoms with Crippen molar-refractivity contribution in [3.8, 4) is 11.5 Å². The number of sulfonamides is 1. The van der Waals surface area contributed by atoms with Crippen LogP contribution < -0.4 is 14.2 Å². The van der Waals surface area contributed by atoms with E-state index in [1.807, 2.05) is 12.1 Å². The lowest BCUT2D eigenvalue weighted by Gasteiger charge is -2.10. The van der Waals surface area contributed by atoms with Crippen molar-refractivity contribution in [3.63, 3.8) is 0 Å². The van der Waals surface area contributed by atoms with Crippen LogP contribution in [0.4, 0.5) is 4.39 Å². The average Bonchev–Trinajstić information content (AvgIpc) is 2.65. The van der Waals surface area contributed by atoms with E-state index in [-0.39, 0.29) is 23.9 Å². The largest absolute Gasteiger partial charge is 0.497 e. The van der Waals surface area contributed by atoms with Crippen LogP contribution in [-0.2, 0) is 10.0 Å². The molecule has 3 rings (SSSR count). The molecule has 0 aliphatic carbocycles. The summed E-state index contributed by atoms with van der Waals surface area (Å²) in [5.74, 6) is 0.835. The van der Waals surface area contributed by atoms with E-state index in [2.05, 4.69) is 4.72 Å². The zero-order valence-electron chi connectivity index (χ0n) is 14.1. The minimum absolute atomic E-state index is 0.0976. The standard InChI is InChI=1S/C19H18FNO4S/c1-24-18-6-2-15-13-19(9-3-14(15)12-18)26(22,23)21-10-11-25-17-7-4-16(20)5-8-17/h2-9,12-13,21H,10-11H2,1H3. The van der Waals surface area contributed by atoms with Gasteiger partial charge in [-0.3, -0.25) is 0 Å². The number of nitrogens with one attached hydrogen (secondary N) is 1. The van der Waals surface area contributed by atoms with Crippen LogP contribution >= 0.6 is 0 Å². The highest BCUT2D eigenvalue weighted by molar-refractivity contribution is 7.89. The molecule has 3 aromatic carbocycles. The van der Waals surface area contributed by atoms with Gasteiger partial charge in [-0.05, 0) is 59.3 Å². The molecule has 0 aliphatic rings. The SMILES string of the molecule is COc1ccc2cc(S(=O)(=O)NCCOc3ccc(F)cc3)ccc2c1. The smallest absolute Gasteiger partial charge is 0.240 e. The second kappa shape index (κ2) is 7.72. The van der Waals surface area contributed by atoms with Crippen LogP contribution in [0.5, 0.6) is 11.5 Å². The highest BCUT2D eigenvalue weighted by Crippen LogP contribution is 2.23. The molecule has 0 saturated carbocycles. The second-order valence-electron chi connectivity index (χ2n) is 5.58. The first-order valence-corrected chi connectivity index (χ1v) is 9.42. The van der Waals surface area contributed by atoms with Crippen molar-refractivity contribution in [3.05, 3.63) is 66.5 Å². The van der Waals surface area contributed by atoms with Gasteiger partial charge in [-0.15, -0.1) is 0 Å². The third-order valence-corrected chi connectivity index (χ3v) is 5.26. The molecule has 0 aliphatic heterocycles. The molecule has 0 radical (unpaired) electrons. The molecule has 7 heteroatoms. The maximum Gasteiger partial charge on any atom is 0.240 e. The van der Waals surface area contributed by atoms with Crippen LogP contribution in [0.1, 0.15) is 0 Å². The lowest BCUT2D eigenvalue weighted by atomic mass is 10.1. The third kappa shape index (κ3) is 4.30. The zero-order chi connectivity index (χ0) is 18.6. The molecule has 1 N–H and O–H groups in total. The summed E-state index contributed by atoms with van der Waals surface area (Å²) in [6, 6.07) is 15.9. The number of halogens is 1. The molecule has 0 atom stereocenters. The van der Waals surface area contributed by atoms with E-state index in [0.29, 0.717) is 11.5 Å². The lowest BCUT2D eigenvalue weighted by Crippen LogP contribution is -2.28. The number of methoxy groups -OCH3 is 1. The molecule has 0 aromatic heterocycles. The molecule has 5 nitrogen and oxygen atoms in total. The Morgan fingerprint density at radius 1 is 0.923 bits per heavy atom. The van der Waals surface area contributed by atoms with E-state index in [1.165, 1.54) is 24.3 Å². The van der Waals surface area contributed by atoms with Crippen LogP contribution in [0, 0.1) is 5.82 Å². The number of hydrogen-bond donors (Lipinski definition) is 1. The molecule has 0 unspecified atom stereocenters. The van der Waals surface area contributed by atoms with Gasteiger partial charge in [0, 0.05) is 6.54 Å². The molecule has 136 valence electrons. The summed E-state index contributed by atoms with van der Waals surface area (Å²) in [6.07, 6.45) is 0. The third-order valence-electron chi connectivity index (χ3n) is 3.81. The van der Waals surface area contributed by atoms with E-state index in [0.717, 1.165) is 10.8 Å². The van der Waals surface area contributed by atoms with E-state index < -0.39 is 10.0 Å². The first-order valence-electron chi connectivity index (χ1n) is 7.94. The van der Waals surface area contributed by atoms with Gasteiger partial charge < -0.3 is 9.47 Å². The fourth-order valence-corrected chi connectivity index (χ4v) is 3.50. The predicted molar refractivity (Wildman–Crippen MR) is 97.6 cm³/mol. The normalized spacial score (nSPS) is 11.5. The van der Waals surface area contributed by atoms with Crippen LogP contribution in [-0.4, -0.2) is 28.7 Å². The summed E-state index contributed by atoms with van der Waals surface area (Å²) < 4.78 is 50.7. The minimum atomic E-state index is -3.65. The van der Waals surface area contributed by atoms with Crippen molar-refractivity contribution in [2.45, 2.75) is 4.90 Å². The molecule has 0 heterocycles. The topological polar surface area (TPSA) is 64.6 Å². The minimum Gasteiger partial charge on any atom is -0.497 e. The van der Waals surface area contributed by atoms with E-state index >= 15 is 0 Å². The van der Waals surface area contributed by atoms with Crippen LogP contribution in [0.15, 0.2) is 65.6 Å². The second-order valence-corrected chi connectivity index (χ2v) is 7.34. The van der Waals surface area contributed by atoms with Gasteiger partial charge in [-0.25, -0.2) is 17.5 Å². The number of hydrogen-bond acceptors (Lipinski definition) is 4. The van der Waals surface area contributed by atoms with Gasteiger partial charge in [0.25, 0.3) is 0 Å². The van der Waals surface area contributed by atoms with Gasteiger partial charge in [0.1, 0.15) is 23.9 Å². The molecule has 26 heavy (non-hydrogen) atoms. The van der Waals surface area contributed by atoms with E-state index in [4.69, 9.17) is 9.47 Å². The van der Waals surface area contributed by atoms with Gasteiger partial charge in [0.15, 0.2) is 0 Å². The molecular formula is C19H18FNO4S. The van der Waals surface area contributed by atoms with E-state index in [9.17, 15) is 12.8 Å². The Hall–Kier alpha value is -2.64. The fraction of sp³-hybridized carbons (Fsp3) is 0.158. The van der Waals surface area contributed by atoms with Crippen LogP contribution in [0.2, 0.25) is 0 Å². The summed E-state index contributed by atoms with van der Waals surface area (Å²) in [5, 5.41) is 1.69. The summed E-state index contributed by atoms with van der Waals surface area (Å²) in [7, 11) is -2.07. The van der Waals surface area contributed by atoms with Gasteiger partial charge in [0.05, 0.1) is 12.0 Å². The molecule has 0 saturated heterocycles. The van der Waals surface area contributed by atoms with Crippen molar-refractivity contribution in [2.24, 2.45) is 0 Å². The quantitative estimate of drug-likeness (QED) is 0.643. The van der Waals surface area contributed by atoms with E-state index in [1.54, 1.807) is 31.4 Å². The Balaban J connectivity index is 1.63. The average molecular weight is 375 g/mol. The van der Waals surface area contributed by atoms with Crippen molar-refractivity contribution in [1.82, 2.24) is 4.72 Å². The fourth-order valence-electron chi connectivity index (χ4n) is 2.46. The Bertz CT molecular complexity index is 1000. The van der Waals surface area contributed by atoms with Gasteiger partial charge in [-0.2, -0.15) is 0 Å². The van der Waals surface area contributed by atoms with Crippen molar-refractivity contribution >= 4 is 20.8 Å². The summed E-state index contributed by atoms with van der Waals surface area (Å²) in [6.45, 7) is 0.232. The molecule has 0 amide bonds. The van der Waals surface area contributed by atoms with Crippen molar-refractivity contribution in [2.75, 3.05) is 20.3 Å². The van der Waals surface area contributed by atoms with Crippen LogP contribution in [0.25, 0.3) is 10.8 Å². The van der Waals surface area contributed by atoms with Crippen molar-refractivity contribution in [1.29, 1.82) is 0 Å². The highest BCUT2D eigenvalue weighted by Gasteiger charge is 2.14. The lowest BCUT2D eigenvalue weighted by molar-refractivity contribution is 0.322. The maximum atomic E-state index is 12.8. The van der Waals surface area contributed by atoms with Crippen molar-refractivity contribution < 1.29 is 22.3 Å². The van der Waals surface area contributed by atoms with Gasteiger partial charge in [0.2, 0.25) is 10.0 Å². The first kappa shape index (κ1) is 18.2. The molecule has 0 fully saturated rings. The molecule has 3 aromatic rings. The number of rotatable bonds is 7. The monoisotopic (exact) mass is 375 g/mol. The number of ether oxygens (including phenoxy) is 2. The molecule has 0 spiro atoms. The van der Waals surface area contributed by atoms with Gasteiger partial charge in [-0.1, -0.05) is 12.1 Å². The first-order chi connectivity index (χ1) is 12.5. The zero-order valence-corrected chi connectivity index (χ0v) is 14.9. The Morgan fingerprint density at radius 2 is 1.58 bits per heavy atom. The maximum absolute atomic E-state index is 12.8. The predicted octanol–water partition coefficient (Wildman–Crippen LogP) is 3.34. The summed E-state index contributed by atoms with van der Waals surface area (Å²) in [5.41, 5.74) is 0. The Kier molecular flexibility index (Phi) is 5.39.